The molecule has 2 unspecified atom stereocenters. The molecule has 1 saturated heterocycles. The first-order valence-corrected chi connectivity index (χ1v) is 12.4. The van der Waals surface area contributed by atoms with Crippen LogP contribution in [0.5, 0.6) is 5.75 Å². The lowest BCUT2D eigenvalue weighted by atomic mass is 9.93. The molecule has 0 aromatic heterocycles. The molecule has 2 aromatic rings. The van der Waals surface area contributed by atoms with Gasteiger partial charge in [0.1, 0.15) is 5.75 Å². The Balaban J connectivity index is 1.65. The second-order valence-electron chi connectivity index (χ2n) is 8.50. The number of hydrogen-bond acceptors (Lipinski definition) is 3. The minimum Gasteiger partial charge on any atom is -0.467 e. The summed E-state index contributed by atoms with van der Waals surface area (Å²) in [6, 6.07) is 13.4. The maximum Gasteiger partial charge on any atom is 0.188 e. The molecule has 1 heterocycles. The van der Waals surface area contributed by atoms with Crippen LogP contribution in [0.1, 0.15) is 36.8 Å². The molecule has 0 bridgehead atoms. The Bertz CT molecular complexity index is 931. The van der Waals surface area contributed by atoms with Crippen molar-refractivity contribution in [3.8, 4) is 5.75 Å². The van der Waals surface area contributed by atoms with Gasteiger partial charge in [0.2, 0.25) is 0 Å². The molecule has 1 aliphatic carbocycles. The zero-order valence-corrected chi connectivity index (χ0v) is 19.8. The fourth-order valence-corrected chi connectivity index (χ4v) is 5.99. The zero-order valence-electron chi connectivity index (χ0n) is 18.8. The number of hydrogen-bond donors (Lipinski definition) is 0. The number of allylic oxidation sites excluding steroid dienone is 4. The van der Waals surface area contributed by atoms with Gasteiger partial charge in [-0.15, -0.1) is 0 Å². The summed E-state index contributed by atoms with van der Waals surface area (Å²) in [5.41, 5.74) is 4.05. The van der Waals surface area contributed by atoms with Gasteiger partial charge in [-0.05, 0) is 62.1 Å². The maximum atomic E-state index is 6.19. The van der Waals surface area contributed by atoms with Crippen molar-refractivity contribution < 1.29 is 9.47 Å². The predicted octanol–water partition coefficient (Wildman–Crippen LogP) is 5.27. The molecular formula is C27H34NO2P. The summed E-state index contributed by atoms with van der Waals surface area (Å²) in [7, 11) is 2.25. The predicted molar refractivity (Wildman–Crippen MR) is 134 cm³/mol. The molecule has 0 spiro atoms. The Morgan fingerprint density at radius 3 is 2.65 bits per heavy atom. The summed E-state index contributed by atoms with van der Waals surface area (Å²) in [6.45, 7) is 4.85. The van der Waals surface area contributed by atoms with Crippen LogP contribution in [0.2, 0.25) is 0 Å². The van der Waals surface area contributed by atoms with Crippen LogP contribution in [0.15, 0.2) is 60.7 Å². The van der Waals surface area contributed by atoms with E-state index < -0.39 is 0 Å². The molecule has 1 aliphatic heterocycles. The first-order chi connectivity index (χ1) is 15.3. The summed E-state index contributed by atoms with van der Waals surface area (Å²) in [5, 5.41) is 2.72. The van der Waals surface area contributed by atoms with E-state index in [2.05, 4.69) is 72.5 Å². The monoisotopic (exact) mass is 435 g/mol. The summed E-state index contributed by atoms with van der Waals surface area (Å²) in [6.07, 6.45) is 14.9. The quantitative estimate of drug-likeness (QED) is 0.416. The van der Waals surface area contributed by atoms with Gasteiger partial charge in [0.25, 0.3) is 0 Å². The third-order valence-corrected chi connectivity index (χ3v) is 7.74. The van der Waals surface area contributed by atoms with Crippen molar-refractivity contribution >= 4 is 24.9 Å². The molecule has 2 atom stereocenters. The molecule has 31 heavy (non-hydrogen) atoms. The Kier molecular flexibility index (Phi) is 7.83. The van der Waals surface area contributed by atoms with Gasteiger partial charge < -0.3 is 14.4 Å². The average Bonchev–Trinajstić information content (AvgIpc) is 2.81. The third-order valence-electron chi connectivity index (χ3n) is 6.18. The number of para-hydroxylation sites is 1. The average molecular weight is 436 g/mol. The van der Waals surface area contributed by atoms with E-state index in [4.69, 9.17) is 9.47 Å². The van der Waals surface area contributed by atoms with Crippen LogP contribution in [0.3, 0.4) is 0 Å². The van der Waals surface area contributed by atoms with Gasteiger partial charge in [-0.3, -0.25) is 0 Å². The van der Waals surface area contributed by atoms with E-state index in [0.29, 0.717) is 14.5 Å². The van der Waals surface area contributed by atoms with Crippen molar-refractivity contribution in [2.24, 2.45) is 5.92 Å². The van der Waals surface area contributed by atoms with E-state index in [9.17, 15) is 0 Å². The number of rotatable bonds is 8. The van der Waals surface area contributed by atoms with E-state index in [1.807, 2.05) is 0 Å². The lowest BCUT2D eigenvalue weighted by molar-refractivity contribution is 0.0511. The second kappa shape index (κ2) is 11.0. The molecule has 0 radical (unpaired) electrons. The molecule has 2 aromatic carbocycles. The molecule has 164 valence electrons. The van der Waals surface area contributed by atoms with Gasteiger partial charge in [-0.1, -0.05) is 63.2 Å². The number of benzene rings is 2. The zero-order chi connectivity index (χ0) is 21.5. The van der Waals surface area contributed by atoms with Crippen LogP contribution in [0.4, 0.5) is 5.69 Å². The second-order valence-corrected chi connectivity index (χ2v) is 9.79. The molecule has 0 amide bonds. The minimum atomic E-state index is 0.279. The smallest absolute Gasteiger partial charge is 0.188 e. The summed E-state index contributed by atoms with van der Waals surface area (Å²) < 4.78 is 11.5. The Labute approximate surface area is 188 Å². The van der Waals surface area contributed by atoms with E-state index in [1.54, 1.807) is 7.11 Å². The molecule has 1 fully saturated rings. The number of anilines is 1. The van der Waals surface area contributed by atoms with Crippen LogP contribution in [-0.4, -0.2) is 27.0 Å². The molecule has 0 saturated carbocycles. The van der Waals surface area contributed by atoms with Crippen LogP contribution < -0.4 is 20.2 Å². The van der Waals surface area contributed by atoms with Gasteiger partial charge in [-0.25, -0.2) is 0 Å². The summed E-state index contributed by atoms with van der Waals surface area (Å²) in [4.78, 5) is 2.58. The van der Waals surface area contributed by atoms with Crippen molar-refractivity contribution in [3.05, 3.63) is 71.8 Å². The number of methoxy groups -OCH3 is 1. The molecule has 0 N–H and O–H groups in total. The van der Waals surface area contributed by atoms with Crippen molar-refractivity contribution in [1.82, 2.24) is 0 Å². The van der Waals surface area contributed by atoms with Gasteiger partial charge in [-0.2, -0.15) is 0 Å². The highest BCUT2D eigenvalue weighted by Crippen LogP contribution is 2.31. The fraction of sp³-hybridized carbons (Fsp3) is 0.407. The minimum absolute atomic E-state index is 0.279. The molecule has 3 nitrogen and oxygen atoms in total. The van der Waals surface area contributed by atoms with Gasteiger partial charge in [0.15, 0.2) is 6.79 Å². The topological polar surface area (TPSA) is 21.7 Å². The summed E-state index contributed by atoms with van der Waals surface area (Å²) in [5.74, 6) is 1.54. The van der Waals surface area contributed by atoms with Crippen LogP contribution in [-0.2, 0) is 11.2 Å². The highest BCUT2D eigenvalue weighted by molar-refractivity contribution is 7.56. The molecule has 2 aliphatic rings. The summed E-state index contributed by atoms with van der Waals surface area (Å²) >= 11 is 0. The lowest BCUT2D eigenvalue weighted by Crippen LogP contribution is -2.33. The Morgan fingerprint density at radius 1 is 1.03 bits per heavy atom. The van der Waals surface area contributed by atoms with Gasteiger partial charge in [0.05, 0.1) is 0 Å². The Morgan fingerprint density at radius 2 is 1.87 bits per heavy atom. The molecule has 4 heteroatoms. The van der Waals surface area contributed by atoms with Gasteiger partial charge in [0, 0.05) is 36.5 Å². The standard InChI is InChI=1S/C27H34NO2P/c1-21-11-9-15-24(28-17-7-4-8-18-28)27(21)31-25-16-10-14-23(26(25)30-20-29-2)19-22-12-5-3-6-13-22/h3,5-6,9-12,14-16,22,31H,4,7-8,13,17-20H2,1-2H3. The number of ether oxygens (including phenoxy) is 2. The largest absolute Gasteiger partial charge is 0.467 e. The van der Waals surface area contributed by atoms with E-state index >= 15 is 0 Å². The highest BCUT2D eigenvalue weighted by atomic mass is 31.1. The normalized spacial score (nSPS) is 18.8. The van der Waals surface area contributed by atoms with Crippen LogP contribution >= 0.6 is 8.58 Å². The van der Waals surface area contributed by atoms with Gasteiger partial charge >= 0.3 is 0 Å². The Hall–Kier alpha value is -2.09. The van der Waals surface area contributed by atoms with Crippen molar-refractivity contribution in [3.63, 3.8) is 0 Å². The fourth-order valence-electron chi connectivity index (χ4n) is 4.55. The van der Waals surface area contributed by atoms with E-state index in [-0.39, 0.29) is 6.79 Å². The molecule has 4 rings (SSSR count). The number of piperidine rings is 1. The highest BCUT2D eigenvalue weighted by Gasteiger charge is 2.19. The van der Waals surface area contributed by atoms with Crippen LogP contribution in [0, 0.1) is 12.8 Å². The third kappa shape index (κ3) is 5.59. The van der Waals surface area contributed by atoms with E-state index in [1.165, 1.54) is 46.7 Å². The molecular weight excluding hydrogens is 401 g/mol. The first kappa shape index (κ1) is 22.1. The maximum absolute atomic E-state index is 6.19. The number of aryl methyl sites for hydroxylation is 1. The van der Waals surface area contributed by atoms with Crippen molar-refractivity contribution in [1.29, 1.82) is 0 Å². The van der Waals surface area contributed by atoms with E-state index in [0.717, 1.165) is 31.7 Å². The van der Waals surface area contributed by atoms with Crippen molar-refractivity contribution in [2.75, 3.05) is 31.9 Å². The lowest BCUT2D eigenvalue weighted by Gasteiger charge is -2.31. The van der Waals surface area contributed by atoms with Crippen LogP contribution in [0.25, 0.3) is 0 Å². The SMILES string of the molecule is COCOc1c(CC2C=CC=CC2)cccc1Pc1c(C)cccc1N1CCCCC1. The first-order valence-electron chi connectivity index (χ1n) is 11.4. The van der Waals surface area contributed by atoms with Crippen molar-refractivity contribution in [2.45, 2.75) is 39.0 Å². The number of nitrogens with zero attached hydrogens (tertiary/aromatic N) is 1.